The average Bonchev–Trinajstić information content (AvgIpc) is 2.53. The summed E-state index contributed by atoms with van der Waals surface area (Å²) in [6.07, 6.45) is -1.51. The lowest BCUT2D eigenvalue weighted by Crippen LogP contribution is -2.47. The smallest absolute Gasteiger partial charge is 0.329 e. The van der Waals surface area contributed by atoms with E-state index in [-0.39, 0.29) is 26.2 Å². The Morgan fingerprint density at radius 2 is 0.767 bits per heavy atom. The summed E-state index contributed by atoms with van der Waals surface area (Å²) < 4.78 is 34.4. The van der Waals surface area contributed by atoms with Crippen LogP contribution >= 0.6 is 22.8 Å². The molecule has 0 aliphatic carbocycles. The molecule has 0 saturated carbocycles. The summed E-state index contributed by atoms with van der Waals surface area (Å²) in [5.41, 5.74) is 5.63. The molecule has 0 amide bonds. The Morgan fingerprint density at radius 1 is 0.533 bits per heavy atom. The van der Waals surface area contributed by atoms with Gasteiger partial charge in [-0.1, -0.05) is 0 Å². The molecule has 0 aromatic rings. The minimum Gasteiger partial charge on any atom is -0.329 e. The summed E-state index contributed by atoms with van der Waals surface area (Å²) in [4.78, 5) is 62.5. The molecule has 17 heteroatoms. The Morgan fingerprint density at radius 3 is 0.967 bits per heavy atom. The molecule has 0 spiro atoms. The largest absolute Gasteiger partial charge is 0.339 e. The van der Waals surface area contributed by atoms with E-state index >= 15 is 0 Å². The molecule has 1 aliphatic heterocycles. The van der Waals surface area contributed by atoms with E-state index in [1.807, 2.05) is 4.90 Å². The molecule has 0 radical (unpaired) electrons. The molecule has 180 valence electrons. The Labute approximate surface area is 176 Å². The van der Waals surface area contributed by atoms with Crippen LogP contribution in [-0.2, 0) is 13.7 Å². The van der Waals surface area contributed by atoms with Crippen molar-refractivity contribution >= 4 is 22.8 Å². The van der Waals surface area contributed by atoms with Gasteiger partial charge in [-0.15, -0.1) is 0 Å². The first-order chi connectivity index (χ1) is 13.7. The molecule has 1 fully saturated rings. The molecule has 1 aliphatic rings. The van der Waals surface area contributed by atoms with E-state index < -0.39 is 41.6 Å². The van der Waals surface area contributed by atoms with Crippen LogP contribution in [0.1, 0.15) is 0 Å². The second-order valence-electron chi connectivity index (χ2n) is 7.40. The van der Waals surface area contributed by atoms with Crippen molar-refractivity contribution in [3.05, 3.63) is 0 Å². The van der Waals surface area contributed by atoms with Crippen molar-refractivity contribution in [2.24, 2.45) is 5.73 Å². The summed E-state index contributed by atoms with van der Waals surface area (Å²) in [7, 11) is -13.0. The molecule has 1 saturated heterocycles. The second-order valence-corrected chi connectivity index (χ2v) is 12.2. The van der Waals surface area contributed by atoms with Gasteiger partial charge in [-0.25, -0.2) is 0 Å². The van der Waals surface area contributed by atoms with Gasteiger partial charge in [0, 0.05) is 65.4 Å². The highest BCUT2D eigenvalue weighted by Crippen LogP contribution is 2.37. The van der Waals surface area contributed by atoms with Gasteiger partial charge < -0.3 is 35.1 Å². The molecule has 30 heavy (non-hydrogen) atoms. The first-order valence-electron chi connectivity index (χ1n) is 9.40. The van der Waals surface area contributed by atoms with Gasteiger partial charge in [-0.2, -0.15) is 0 Å². The minimum absolute atomic E-state index is 0.131. The molecule has 0 bridgehead atoms. The van der Waals surface area contributed by atoms with Crippen LogP contribution < -0.4 is 5.73 Å². The Kier molecular flexibility index (Phi) is 11.8. The molecule has 0 aromatic heterocycles. The fraction of sp³-hybridized carbons (Fsp3) is 1.00. The second kappa shape index (κ2) is 12.5. The monoisotopic (exact) mass is 497 g/mol. The quantitative estimate of drug-likeness (QED) is 0.174. The summed E-state index contributed by atoms with van der Waals surface area (Å²) in [5, 5.41) is 0. The van der Waals surface area contributed by atoms with Gasteiger partial charge in [0.2, 0.25) is 0 Å². The number of hydrogen-bond acceptors (Lipinski definition) is 8. The van der Waals surface area contributed by atoms with Gasteiger partial charge in [0.15, 0.2) is 0 Å². The summed E-state index contributed by atoms with van der Waals surface area (Å²) in [6.45, 7) is 2.92. The van der Waals surface area contributed by atoms with Crippen LogP contribution in [0.3, 0.4) is 0 Å². The van der Waals surface area contributed by atoms with Gasteiger partial charge in [-0.3, -0.25) is 33.3 Å². The van der Waals surface area contributed by atoms with E-state index in [4.69, 9.17) is 5.73 Å². The van der Waals surface area contributed by atoms with Crippen LogP contribution in [0.4, 0.5) is 0 Å². The normalized spacial score (nSPS) is 21.3. The van der Waals surface area contributed by atoms with Crippen molar-refractivity contribution < 1.29 is 43.1 Å². The number of rotatable bonds is 8. The molecule has 8 N–H and O–H groups in total. The highest BCUT2D eigenvalue weighted by molar-refractivity contribution is 7.52. The van der Waals surface area contributed by atoms with Crippen molar-refractivity contribution in [2.45, 2.75) is 0 Å². The van der Waals surface area contributed by atoms with Crippen LogP contribution in [0.15, 0.2) is 0 Å². The molecule has 0 atom stereocenters. The van der Waals surface area contributed by atoms with E-state index in [2.05, 4.69) is 0 Å². The van der Waals surface area contributed by atoms with Crippen molar-refractivity contribution in [1.82, 2.24) is 19.6 Å². The maximum Gasteiger partial charge on any atom is 0.339 e. The zero-order valence-corrected chi connectivity index (χ0v) is 19.5. The molecule has 0 unspecified atom stereocenters. The molecule has 14 nitrogen and oxygen atoms in total. The maximum atomic E-state index is 11.5. The third-order valence-electron chi connectivity index (χ3n) is 4.53. The number of nitrogens with zero attached hydrogens (tertiary/aromatic N) is 4. The lowest BCUT2D eigenvalue weighted by Gasteiger charge is -2.34. The molecular formula is C13H34N5O9P3. The number of hydrogen-bond donors (Lipinski definition) is 7. The van der Waals surface area contributed by atoms with Gasteiger partial charge in [0.05, 0.1) is 0 Å². The zero-order chi connectivity index (χ0) is 23.0. The molecule has 1 rings (SSSR count). The van der Waals surface area contributed by atoms with Crippen LogP contribution in [0, 0.1) is 0 Å². The predicted octanol–water partition coefficient (Wildman–Crippen LogP) is -2.43. The van der Waals surface area contributed by atoms with Gasteiger partial charge in [0.25, 0.3) is 0 Å². The summed E-state index contributed by atoms with van der Waals surface area (Å²) in [5.74, 6) is 0. The molecular weight excluding hydrogens is 463 g/mol. The first kappa shape index (κ1) is 28.3. The third-order valence-corrected chi connectivity index (χ3v) is 6.83. The highest BCUT2D eigenvalue weighted by atomic mass is 31.2. The third kappa shape index (κ3) is 14.3. The minimum atomic E-state index is -4.39. The number of nitrogens with two attached hydrogens (primary N) is 1. The van der Waals surface area contributed by atoms with E-state index in [0.29, 0.717) is 39.3 Å². The first-order valence-corrected chi connectivity index (χ1v) is 14.8. The Hall–Kier alpha value is 0.250. The van der Waals surface area contributed by atoms with Crippen LogP contribution in [-0.4, -0.2) is 133 Å². The molecule has 0 aromatic carbocycles. The molecule has 1 heterocycles. The average molecular weight is 497 g/mol. The van der Waals surface area contributed by atoms with Crippen molar-refractivity contribution in [2.75, 3.05) is 84.3 Å². The lowest BCUT2D eigenvalue weighted by atomic mass is 10.3. The topological polar surface area (TPSA) is 212 Å². The van der Waals surface area contributed by atoms with Gasteiger partial charge in [0.1, 0.15) is 18.9 Å². The SMILES string of the molecule is NCCN1CCN(CP(=O)(O)O)CCN(CP(=O)(O)O)CCN(CP(=O)(O)O)CC1. The fourth-order valence-electron chi connectivity index (χ4n) is 3.19. The van der Waals surface area contributed by atoms with Crippen molar-refractivity contribution in [1.29, 1.82) is 0 Å². The van der Waals surface area contributed by atoms with Crippen molar-refractivity contribution in [3.63, 3.8) is 0 Å². The van der Waals surface area contributed by atoms with E-state index in [9.17, 15) is 43.1 Å². The fourth-order valence-corrected chi connectivity index (χ4v) is 5.60. The van der Waals surface area contributed by atoms with Gasteiger partial charge >= 0.3 is 22.8 Å². The summed E-state index contributed by atoms with van der Waals surface area (Å²) >= 11 is 0. The van der Waals surface area contributed by atoms with Crippen LogP contribution in [0.5, 0.6) is 0 Å². The van der Waals surface area contributed by atoms with E-state index in [1.54, 1.807) is 9.80 Å². The van der Waals surface area contributed by atoms with E-state index in [1.165, 1.54) is 4.90 Å². The zero-order valence-electron chi connectivity index (χ0n) is 16.8. The van der Waals surface area contributed by atoms with Crippen LogP contribution in [0.2, 0.25) is 0 Å². The Bertz CT molecular complexity index is 614. The predicted molar refractivity (Wildman–Crippen MR) is 111 cm³/mol. The van der Waals surface area contributed by atoms with Crippen LogP contribution in [0.25, 0.3) is 0 Å². The maximum absolute atomic E-state index is 11.5. The highest BCUT2D eigenvalue weighted by Gasteiger charge is 2.26. The standard InChI is InChI=1S/C13H34N5O9P3/c14-1-2-15-3-5-16(11-28(19,20)21)7-9-18(13-30(25,26)27)10-8-17(6-4-15)12-29(22,23)24/h1-14H2,(H2,19,20,21)(H2,22,23,24)(H2,25,26,27). The van der Waals surface area contributed by atoms with E-state index in [0.717, 1.165) is 0 Å². The van der Waals surface area contributed by atoms with Crippen molar-refractivity contribution in [3.8, 4) is 0 Å². The summed E-state index contributed by atoms with van der Waals surface area (Å²) in [6, 6.07) is 0. The van der Waals surface area contributed by atoms with Gasteiger partial charge in [-0.05, 0) is 0 Å². The lowest BCUT2D eigenvalue weighted by molar-refractivity contribution is 0.147. The Balaban J connectivity index is 3.00.